The van der Waals surface area contributed by atoms with E-state index in [1.807, 2.05) is 0 Å². The molecule has 2 aromatic carbocycles. The first-order valence-corrected chi connectivity index (χ1v) is 14.3. The lowest BCUT2D eigenvalue weighted by Crippen LogP contribution is -2.36. The van der Waals surface area contributed by atoms with Gasteiger partial charge >= 0.3 is 0 Å². The summed E-state index contributed by atoms with van der Waals surface area (Å²) in [5.41, 5.74) is 3.98. The van der Waals surface area contributed by atoms with Crippen molar-refractivity contribution in [2.75, 3.05) is 6.54 Å². The number of carbonyl (C=O) groups excluding carboxylic acids is 1. The third-order valence-electron chi connectivity index (χ3n) is 8.72. The number of aromatic amines is 1. The van der Waals surface area contributed by atoms with Gasteiger partial charge in [-0.2, -0.15) is 0 Å². The average Bonchev–Trinajstić information content (AvgIpc) is 3.77. The Hall–Kier alpha value is -2.96. The number of aromatic nitrogens is 2. The Labute approximate surface area is 228 Å². The number of halogens is 1. The van der Waals surface area contributed by atoms with Crippen molar-refractivity contribution in [2.24, 2.45) is 0 Å². The van der Waals surface area contributed by atoms with Crippen molar-refractivity contribution >= 4 is 17.5 Å². The van der Waals surface area contributed by atoms with Crippen molar-refractivity contribution in [3.63, 3.8) is 0 Å². The van der Waals surface area contributed by atoms with Crippen LogP contribution >= 0.6 is 11.6 Å². The minimum atomic E-state index is -1.33. The van der Waals surface area contributed by atoms with Crippen LogP contribution in [0.4, 0.5) is 0 Å². The van der Waals surface area contributed by atoms with Crippen LogP contribution in [0.3, 0.4) is 0 Å². The van der Waals surface area contributed by atoms with E-state index in [9.17, 15) is 14.7 Å². The molecule has 2 saturated carbocycles. The van der Waals surface area contributed by atoms with Crippen molar-refractivity contribution in [3.8, 4) is 0 Å². The number of rotatable bonds is 5. The Morgan fingerprint density at radius 2 is 1.87 bits per heavy atom. The third-order valence-corrected chi connectivity index (χ3v) is 8.96. The molecule has 0 bridgehead atoms. The standard InChI is InChI=1S/C31H34ClN3O3/c32-24-12-5-10-22(18-24)27(36)29(38)35-16-6-13-26-25(19-35)28(37)34-30(33-26)31(14-15-31)23-11-4-9-21(17-23)20-7-2-1-3-8-20/h4-5,9-12,17-18,20,27,36H,1-3,6-8,13-16,19H2,(H,33,34,37)/t27-/m1/s1. The van der Waals surface area contributed by atoms with E-state index in [1.165, 1.54) is 43.2 Å². The first kappa shape index (κ1) is 25.3. The normalized spacial score (nSPS) is 19.9. The summed E-state index contributed by atoms with van der Waals surface area (Å²) in [6.45, 7) is 0.592. The van der Waals surface area contributed by atoms with E-state index in [0.717, 1.165) is 24.4 Å². The predicted molar refractivity (Wildman–Crippen MR) is 147 cm³/mol. The minimum absolute atomic E-state index is 0.137. The van der Waals surface area contributed by atoms with E-state index in [1.54, 1.807) is 29.2 Å². The van der Waals surface area contributed by atoms with Crippen LogP contribution in [0.25, 0.3) is 0 Å². The molecule has 6 nitrogen and oxygen atoms in total. The zero-order chi connectivity index (χ0) is 26.3. The van der Waals surface area contributed by atoms with Gasteiger partial charge in [0.05, 0.1) is 23.2 Å². The van der Waals surface area contributed by atoms with Gasteiger partial charge in [0.2, 0.25) is 0 Å². The van der Waals surface area contributed by atoms with E-state index in [-0.39, 0.29) is 17.5 Å². The van der Waals surface area contributed by atoms with Gasteiger partial charge in [-0.05, 0) is 73.3 Å². The van der Waals surface area contributed by atoms with Gasteiger partial charge in [-0.3, -0.25) is 9.59 Å². The van der Waals surface area contributed by atoms with Gasteiger partial charge in [-0.25, -0.2) is 4.98 Å². The second-order valence-electron chi connectivity index (χ2n) is 11.2. The van der Waals surface area contributed by atoms with Crippen LogP contribution in [0.1, 0.15) is 97.2 Å². The Morgan fingerprint density at radius 1 is 1.08 bits per heavy atom. The van der Waals surface area contributed by atoms with Crippen LogP contribution in [0, 0.1) is 0 Å². The lowest BCUT2D eigenvalue weighted by Gasteiger charge is -2.24. The zero-order valence-electron chi connectivity index (χ0n) is 21.6. The highest BCUT2D eigenvalue weighted by atomic mass is 35.5. The van der Waals surface area contributed by atoms with E-state index in [4.69, 9.17) is 16.6 Å². The van der Waals surface area contributed by atoms with Gasteiger partial charge in [-0.1, -0.05) is 67.3 Å². The van der Waals surface area contributed by atoms with Crippen molar-refractivity contribution < 1.29 is 9.90 Å². The van der Waals surface area contributed by atoms with Crippen LogP contribution in [-0.4, -0.2) is 32.4 Å². The highest BCUT2D eigenvalue weighted by Crippen LogP contribution is 2.52. The van der Waals surface area contributed by atoms with E-state index in [0.29, 0.717) is 41.5 Å². The predicted octanol–water partition coefficient (Wildman–Crippen LogP) is 5.56. The molecule has 1 aromatic heterocycles. The number of benzene rings is 2. The molecule has 198 valence electrons. The van der Waals surface area contributed by atoms with Gasteiger partial charge in [0, 0.05) is 11.6 Å². The second kappa shape index (κ2) is 10.3. The number of carbonyl (C=O) groups is 1. The van der Waals surface area contributed by atoms with Crippen molar-refractivity contribution in [2.45, 2.75) is 81.8 Å². The molecule has 6 rings (SSSR count). The van der Waals surface area contributed by atoms with E-state index < -0.39 is 12.0 Å². The fourth-order valence-electron chi connectivity index (χ4n) is 6.34. The third kappa shape index (κ3) is 4.80. The molecule has 2 aliphatic carbocycles. The van der Waals surface area contributed by atoms with Crippen molar-refractivity contribution in [1.29, 1.82) is 0 Å². The fourth-order valence-corrected chi connectivity index (χ4v) is 6.54. The first-order valence-electron chi connectivity index (χ1n) is 13.9. The smallest absolute Gasteiger partial charge is 0.256 e. The van der Waals surface area contributed by atoms with Crippen LogP contribution in [0.5, 0.6) is 0 Å². The van der Waals surface area contributed by atoms with Crippen LogP contribution in [0.15, 0.2) is 53.3 Å². The Kier molecular flexibility index (Phi) is 6.87. The molecule has 2 N–H and O–H groups in total. The van der Waals surface area contributed by atoms with Crippen LogP contribution in [-0.2, 0) is 23.2 Å². The Bertz CT molecular complexity index is 1410. The van der Waals surface area contributed by atoms with Gasteiger partial charge in [0.25, 0.3) is 11.5 Å². The summed E-state index contributed by atoms with van der Waals surface area (Å²) < 4.78 is 0. The molecule has 3 aliphatic rings. The summed E-state index contributed by atoms with van der Waals surface area (Å²) in [6.07, 6.45) is 8.37. The number of H-pyrrole nitrogens is 1. The van der Waals surface area contributed by atoms with Gasteiger partial charge < -0.3 is 15.0 Å². The van der Waals surface area contributed by atoms with Gasteiger partial charge in [-0.15, -0.1) is 0 Å². The number of aliphatic hydroxyl groups is 1. The number of aryl methyl sites for hydroxylation is 1. The maximum absolute atomic E-state index is 13.4. The monoisotopic (exact) mass is 531 g/mol. The summed E-state index contributed by atoms with van der Waals surface area (Å²) in [7, 11) is 0. The van der Waals surface area contributed by atoms with Gasteiger partial charge in [0.15, 0.2) is 6.10 Å². The molecular weight excluding hydrogens is 498 g/mol. The molecule has 0 saturated heterocycles. The minimum Gasteiger partial charge on any atom is -0.378 e. The van der Waals surface area contributed by atoms with E-state index in [2.05, 4.69) is 29.2 Å². The summed E-state index contributed by atoms with van der Waals surface area (Å²) >= 11 is 6.05. The summed E-state index contributed by atoms with van der Waals surface area (Å²) in [5.74, 6) is 0.951. The highest BCUT2D eigenvalue weighted by Gasteiger charge is 2.49. The average molecular weight is 532 g/mol. The summed E-state index contributed by atoms with van der Waals surface area (Å²) in [4.78, 5) is 36.3. The quantitative estimate of drug-likeness (QED) is 0.451. The maximum atomic E-state index is 13.4. The molecular formula is C31H34ClN3O3. The molecule has 38 heavy (non-hydrogen) atoms. The topological polar surface area (TPSA) is 86.3 Å². The second-order valence-corrected chi connectivity index (χ2v) is 11.6. The number of amides is 1. The number of fused-ring (bicyclic) bond motifs is 1. The fraction of sp³-hybridized carbons (Fsp3) is 0.452. The Balaban J connectivity index is 1.26. The van der Waals surface area contributed by atoms with E-state index >= 15 is 0 Å². The van der Waals surface area contributed by atoms with Crippen molar-refractivity contribution in [1.82, 2.24) is 14.9 Å². The lowest BCUT2D eigenvalue weighted by molar-refractivity contribution is -0.141. The molecule has 7 heteroatoms. The number of aliphatic hydroxyl groups excluding tert-OH is 1. The molecule has 0 spiro atoms. The largest absolute Gasteiger partial charge is 0.378 e. The van der Waals surface area contributed by atoms with Crippen LogP contribution in [0.2, 0.25) is 5.02 Å². The lowest BCUT2D eigenvalue weighted by atomic mass is 9.82. The Morgan fingerprint density at radius 3 is 2.63 bits per heavy atom. The number of hydrogen-bond acceptors (Lipinski definition) is 4. The van der Waals surface area contributed by atoms with Crippen molar-refractivity contribution in [3.05, 3.63) is 97.7 Å². The van der Waals surface area contributed by atoms with Gasteiger partial charge in [0.1, 0.15) is 5.82 Å². The molecule has 1 atom stereocenters. The molecule has 3 aromatic rings. The molecule has 2 fully saturated rings. The number of nitrogens with one attached hydrogen (secondary N) is 1. The maximum Gasteiger partial charge on any atom is 0.256 e. The molecule has 2 heterocycles. The molecule has 1 aliphatic heterocycles. The summed E-state index contributed by atoms with van der Waals surface area (Å²) in [6, 6.07) is 15.6. The zero-order valence-corrected chi connectivity index (χ0v) is 22.3. The number of hydrogen-bond donors (Lipinski definition) is 2. The highest BCUT2D eigenvalue weighted by molar-refractivity contribution is 6.30. The molecule has 0 unspecified atom stereocenters. The molecule has 0 radical (unpaired) electrons. The number of nitrogens with zero attached hydrogens (tertiary/aromatic N) is 2. The van der Waals surface area contributed by atoms with Crippen LogP contribution < -0.4 is 5.56 Å². The SMILES string of the molecule is O=C([C@H](O)c1cccc(Cl)c1)N1CCCc2nc(C3(c4cccc(C5CCCCC5)c4)CC3)[nH]c(=O)c2C1. The molecule has 1 amide bonds. The summed E-state index contributed by atoms with van der Waals surface area (Å²) in [5, 5.41) is 11.2. The first-order chi connectivity index (χ1) is 18.4.